The lowest BCUT2D eigenvalue weighted by Crippen LogP contribution is -2.50. The van der Waals surface area contributed by atoms with Crippen LogP contribution in [0.15, 0.2) is 29.3 Å². The van der Waals surface area contributed by atoms with Gasteiger partial charge in [-0.05, 0) is 37.8 Å². The number of rotatable bonds is 8. The highest BCUT2D eigenvalue weighted by atomic mass is 32.1. The monoisotopic (exact) mass is 430 g/mol. The fourth-order valence-electron chi connectivity index (χ4n) is 3.58. The first kappa shape index (κ1) is 21.7. The van der Waals surface area contributed by atoms with Gasteiger partial charge >= 0.3 is 0 Å². The third kappa shape index (κ3) is 5.12. The number of likely N-dealkylation sites (tertiary alicyclic amines) is 1. The van der Waals surface area contributed by atoms with E-state index in [0.717, 1.165) is 16.6 Å². The molecule has 2 atom stereocenters. The molecule has 5 N–H and O–H groups in total. The number of ketones is 1. The highest BCUT2D eigenvalue weighted by Crippen LogP contribution is 2.24. The molecule has 0 unspecified atom stereocenters. The maximum atomic E-state index is 13.2. The Morgan fingerprint density at radius 1 is 1.33 bits per heavy atom. The van der Waals surface area contributed by atoms with Crippen molar-refractivity contribution in [2.24, 2.45) is 16.5 Å². The average molecular weight is 431 g/mol. The first-order valence-electron chi connectivity index (χ1n) is 9.89. The Bertz CT molecular complexity index is 935. The molecule has 2 amide bonds. The van der Waals surface area contributed by atoms with Crippen LogP contribution in [0.5, 0.6) is 0 Å². The van der Waals surface area contributed by atoms with Crippen molar-refractivity contribution in [2.75, 3.05) is 13.1 Å². The van der Waals surface area contributed by atoms with Gasteiger partial charge in [-0.25, -0.2) is 4.98 Å². The molecule has 0 saturated carbocycles. The van der Waals surface area contributed by atoms with Crippen molar-refractivity contribution in [3.63, 3.8) is 0 Å². The van der Waals surface area contributed by atoms with E-state index < -0.39 is 12.1 Å². The fourth-order valence-corrected chi connectivity index (χ4v) is 4.54. The number of thiazole rings is 1. The van der Waals surface area contributed by atoms with Crippen LogP contribution in [0.1, 0.15) is 42.4 Å². The number of benzene rings is 1. The molecule has 1 aliphatic heterocycles. The van der Waals surface area contributed by atoms with Crippen molar-refractivity contribution >= 4 is 45.1 Å². The van der Waals surface area contributed by atoms with Gasteiger partial charge in [-0.1, -0.05) is 12.1 Å². The summed E-state index contributed by atoms with van der Waals surface area (Å²) in [5, 5.41) is 3.19. The number of nitrogens with one attached hydrogen (secondary N) is 1. The topological polar surface area (TPSA) is 144 Å². The molecule has 0 bridgehead atoms. The second-order valence-electron chi connectivity index (χ2n) is 7.23. The lowest BCUT2D eigenvalue weighted by atomic mass is 10.1. The van der Waals surface area contributed by atoms with E-state index in [4.69, 9.17) is 11.5 Å². The van der Waals surface area contributed by atoms with Gasteiger partial charge in [0.1, 0.15) is 6.04 Å². The molecule has 0 radical (unpaired) electrons. The molecule has 2 heterocycles. The predicted octanol–water partition coefficient (Wildman–Crippen LogP) is 1.03. The van der Waals surface area contributed by atoms with Crippen molar-refractivity contribution in [1.29, 1.82) is 0 Å². The number of amides is 2. The van der Waals surface area contributed by atoms with Crippen molar-refractivity contribution in [1.82, 2.24) is 15.2 Å². The van der Waals surface area contributed by atoms with Crippen LogP contribution in [-0.2, 0) is 9.59 Å². The van der Waals surface area contributed by atoms with Crippen molar-refractivity contribution in [3.05, 3.63) is 29.3 Å². The number of aliphatic imine (C=N–C) groups is 1. The Morgan fingerprint density at radius 3 is 2.80 bits per heavy atom. The molecule has 9 nitrogen and oxygen atoms in total. The van der Waals surface area contributed by atoms with Crippen molar-refractivity contribution < 1.29 is 14.4 Å². The molecule has 160 valence electrons. The number of fused-ring (bicyclic) bond motifs is 1. The van der Waals surface area contributed by atoms with Crippen LogP contribution in [0, 0.1) is 0 Å². The zero-order valence-corrected chi connectivity index (χ0v) is 17.7. The van der Waals surface area contributed by atoms with Gasteiger partial charge in [-0.2, -0.15) is 0 Å². The highest BCUT2D eigenvalue weighted by molar-refractivity contribution is 7.20. The number of Topliss-reactive ketones (excluding diaryl/α,β-unsaturated/α-hetero) is 1. The molecule has 10 heteroatoms. The van der Waals surface area contributed by atoms with Crippen LogP contribution in [0.3, 0.4) is 0 Å². The number of nitrogens with two attached hydrogens (primary N) is 2. The van der Waals surface area contributed by atoms with E-state index in [1.54, 1.807) is 4.90 Å². The number of hydrogen-bond acceptors (Lipinski definition) is 6. The second-order valence-corrected chi connectivity index (χ2v) is 8.26. The van der Waals surface area contributed by atoms with E-state index in [-0.39, 0.29) is 23.6 Å². The van der Waals surface area contributed by atoms with Gasteiger partial charge in [0.2, 0.25) is 17.6 Å². The first-order valence-corrected chi connectivity index (χ1v) is 10.7. The third-order valence-corrected chi connectivity index (χ3v) is 6.09. The van der Waals surface area contributed by atoms with Gasteiger partial charge in [-0.15, -0.1) is 11.3 Å². The minimum atomic E-state index is -0.762. The molecule has 0 aliphatic carbocycles. The molecular formula is C20H26N6O3S. The van der Waals surface area contributed by atoms with Crippen molar-refractivity contribution in [2.45, 2.75) is 44.7 Å². The standard InChI is InChI=1S/C20H26N6O3S/c1-12(27)26-11-5-8-15(26)18(29)24-14(7-4-10-23-20(21)22)17(28)19-25-13-6-2-3-9-16(13)30-19/h2-3,6,9,14-15H,4-5,7-8,10-11H2,1H3,(H,24,29)(H4,21,22,23)/t14-,15-/m1/s1. The fraction of sp³-hybridized carbons (Fsp3) is 0.450. The van der Waals surface area contributed by atoms with E-state index >= 15 is 0 Å². The largest absolute Gasteiger partial charge is 0.370 e. The van der Waals surface area contributed by atoms with Gasteiger partial charge in [0.05, 0.1) is 16.3 Å². The summed E-state index contributed by atoms with van der Waals surface area (Å²) in [6, 6.07) is 6.19. The lowest BCUT2D eigenvalue weighted by molar-refractivity contribution is -0.137. The summed E-state index contributed by atoms with van der Waals surface area (Å²) in [5.74, 6) is -0.726. The SMILES string of the molecule is CC(=O)N1CCC[C@@H]1C(=O)N[C@H](CCCN=C(N)N)C(=O)c1nc2ccccc2s1. The lowest BCUT2D eigenvalue weighted by Gasteiger charge is -2.25. The summed E-state index contributed by atoms with van der Waals surface area (Å²) in [7, 11) is 0. The minimum absolute atomic E-state index is 0.0175. The molecule has 1 aromatic carbocycles. The van der Waals surface area contributed by atoms with Crippen LogP contribution in [-0.4, -0.2) is 58.6 Å². The number of aromatic nitrogens is 1. The van der Waals surface area contributed by atoms with Gasteiger partial charge in [0.15, 0.2) is 11.0 Å². The number of carbonyl (C=O) groups is 3. The number of nitrogens with zero attached hydrogens (tertiary/aromatic N) is 3. The molecule has 1 saturated heterocycles. The quantitative estimate of drug-likeness (QED) is 0.247. The maximum Gasteiger partial charge on any atom is 0.243 e. The third-order valence-electron chi connectivity index (χ3n) is 5.04. The van der Waals surface area contributed by atoms with Crippen LogP contribution in [0.2, 0.25) is 0 Å². The Kier molecular flexibility index (Phi) is 6.99. The van der Waals surface area contributed by atoms with Gasteiger partial charge in [0, 0.05) is 20.0 Å². The minimum Gasteiger partial charge on any atom is -0.370 e. The number of para-hydroxylation sites is 1. The number of hydrogen-bond donors (Lipinski definition) is 3. The molecular weight excluding hydrogens is 404 g/mol. The molecule has 2 aromatic rings. The molecule has 1 aromatic heterocycles. The van der Waals surface area contributed by atoms with E-state index in [0.29, 0.717) is 37.4 Å². The number of carbonyl (C=O) groups excluding carboxylic acids is 3. The first-order chi connectivity index (χ1) is 14.4. The van der Waals surface area contributed by atoms with Crippen LogP contribution in [0.25, 0.3) is 10.2 Å². The summed E-state index contributed by atoms with van der Waals surface area (Å²) >= 11 is 1.30. The zero-order chi connectivity index (χ0) is 21.7. The molecule has 30 heavy (non-hydrogen) atoms. The van der Waals surface area contributed by atoms with Gasteiger partial charge < -0.3 is 21.7 Å². The molecule has 1 aliphatic rings. The summed E-state index contributed by atoms with van der Waals surface area (Å²) in [5.41, 5.74) is 11.5. The highest BCUT2D eigenvalue weighted by Gasteiger charge is 2.35. The van der Waals surface area contributed by atoms with Gasteiger partial charge in [0.25, 0.3) is 0 Å². The summed E-state index contributed by atoms with van der Waals surface area (Å²) in [6.45, 7) is 2.35. The Labute approximate surface area is 178 Å². The van der Waals surface area contributed by atoms with Crippen LogP contribution < -0.4 is 16.8 Å². The zero-order valence-electron chi connectivity index (χ0n) is 16.8. The average Bonchev–Trinajstić information content (AvgIpc) is 3.36. The Balaban J connectivity index is 1.76. The van der Waals surface area contributed by atoms with Crippen LogP contribution >= 0.6 is 11.3 Å². The summed E-state index contributed by atoms with van der Waals surface area (Å²) < 4.78 is 0.907. The Morgan fingerprint density at radius 2 is 2.10 bits per heavy atom. The van der Waals surface area contributed by atoms with E-state index in [1.165, 1.54) is 18.3 Å². The smallest absolute Gasteiger partial charge is 0.243 e. The number of guanidine groups is 1. The van der Waals surface area contributed by atoms with Crippen molar-refractivity contribution in [3.8, 4) is 0 Å². The second kappa shape index (κ2) is 9.66. The summed E-state index contributed by atoms with van der Waals surface area (Å²) in [4.78, 5) is 47.8. The predicted molar refractivity (Wildman–Crippen MR) is 116 cm³/mol. The molecule has 1 fully saturated rings. The van der Waals surface area contributed by atoms with E-state index in [1.807, 2.05) is 24.3 Å². The van der Waals surface area contributed by atoms with Crippen LogP contribution in [0.4, 0.5) is 0 Å². The maximum absolute atomic E-state index is 13.2. The molecule has 3 rings (SSSR count). The normalized spacial score (nSPS) is 17.0. The van der Waals surface area contributed by atoms with Gasteiger partial charge in [-0.3, -0.25) is 19.4 Å². The summed E-state index contributed by atoms with van der Waals surface area (Å²) in [6.07, 6.45) is 2.23. The molecule has 0 spiro atoms. The Hall–Kier alpha value is -3.01. The van der Waals surface area contributed by atoms with E-state index in [9.17, 15) is 14.4 Å². The van der Waals surface area contributed by atoms with E-state index in [2.05, 4.69) is 15.3 Å².